The monoisotopic (exact) mass is 292 g/mol. The summed E-state index contributed by atoms with van der Waals surface area (Å²) < 4.78 is 13.4. The van der Waals surface area contributed by atoms with Crippen molar-refractivity contribution in [1.82, 2.24) is 10.2 Å². The molecule has 0 spiro atoms. The molecule has 1 N–H and O–H groups in total. The van der Waals surface area contributed by atoms with Crippen LogP contribution in [0.15, 0.2) is 12.1 Å². The van der Waals surface area contributed by atoms with E-state index in [1.165, 1.54) is 12.1 Å². The van der Waals surface area contributed by atoms with Crippen LogP contribution in [-0.4, -0.2) is 31.6 Å². The Morgan fingerprint density at radius 3 is 2.39 bits per heavy atom. The highest BCUT2D eigenvalue weighted by Crippen LogP contribution is 2.28. The lowest BCUT2D eigenvalue weighted by atomic mass is 10.1. The van der Waals surface area contributed by atoms with Crippen molar-refractivity contribution in [3.8, 4) is 0 Å². The van der Waals surface area contributed by atoms with Crippen LogP contribution in [0.2, 0.25) is 10.0 Å². The third-order valence-electron chi connectivity index (χ3n) is 3.11. The zero-order chi connectivity index (χ0) is 13.9. The van der Waals surface area contributed by atoms with Gasteiger partial charge in [0.1, 0.15) is 5.82 Å². The maximum atomic E-state index is 13.4. The maximum absolute atomic E-state index is 13.4. The zero-order valence-corrected chi connectivity index (χ0v) is 12.6. The van der Waals surface area contributed by atoms with Crippen LogP contribution in [0.3, 0.4) is 0 Å². The van der Waals surface area contributed by atoms with Crippen molar-refractivity contribution in [1.29, 1.82) is 0 Å². The van der Waals surface area contributed by atoms with E-state index in [1.807, 2.05) is 21.0 Å². The zero-order valence-electron chi connectivity index (χ0n) is 11.1. The van der Waals surface area contributed by atoms with Gasteiger partial charge in [0, 0.05) is 23.7 Å². The molecular weight excluding hydrogens is 274 g/mol. The third kappa shape index (κ3) is 4.09. The third-order valence-corrected chi connectivity index (χ3v) is 3.72. The van der Waals surface area contributed by atoms with Gasteiger partial charge < -0.3 is 10.2 Å². The molecule has 1 aromatic rings. The van der Waals surface area contributed by atoms with Crippen LogP contribution in [0, 0.1) is 5.82 Å². The Morgan fingerprint density at radius 1 is 1.22 bits per heavy atom. The average Bonchev–Trinajstić information content (AvgIpc) is 2.30. The van der Waals surface area contributed by atoms with Crippen LogP contribution in [0.25, 0.3) is 0 Å². The van der Waals surface area contributed by atoms with Gasteiger partial charge in [0.15, 0.2) is 0 Å². The fraction of sp³-hybridized carbons (Fsp3) is 0.538. The summed E-state index contributed by atoms with van der Waals surface area (Å²) in [5, 5.41) is 3.87. The van der Waals surface area contributed by atoms with Crippen LogP contribution in [0.4, 0.5) is 4.39 Å². The highest BCUT2D eigenvalue weighted by atomic mass is 35.5. The molecule has 0 fully saturated rings. The normalized spacial score (nSPS) is 14.9. The van der Waals surface area contributed by atoms with Gasteiger partial charge in [0.05, 0.1) is 5.02 Å². The molecule has 0 amide bonds. The number of benzene rings is 1. The molecule has 0 radical (unpaired) electrons. The van der Waals surface area contributed by atoms with Crippen LogP contribution in [0.5, 0.6) is 0 Å². The predicted octanol–water partition coefficient (Wildman–Crippen LogP) is 3.73. The second kappa shape index (κ2) is 6.71. The minimum atomic E-state index is -0.439. The van der Waals surface area contributed by atoms with Crippen LogP contribution in [-0.2, 0) is 0 Å². The molecule has 0 saturated heterocycles. The molecule has 2 nitrogen and oxygen atoms in total. The first-order chi connectivity index (χ1) is 8.32. The van der Waals surface area contributed by atoms with Gasteiger partial charge >= 0.3 is 0 Å². The predicted molar refractivity (Wildman–Crippen MR) is 76.0 cm³/mol. The number of likely N-dealkylation sites (N-methyl/N-ethyl adjacent to an activating group) is 1. The molecule has 0 aliphatic heterocycles. The highest BCUT2D eigenvalue weighted by Gasteiger charge is 2.14. The van der Waals surface area contributed by atoms with Gasteiger partial charge in [-0.25, -0.2) is 4.39 Å². The quantitative estimate of drug-likeness (QED) is 0.832. The largest absolute Gasteiger partial charge is 0.309 e. The molecule has 0 aliphatic rings. The van der Waals surface area contributed by atoms with Crippen molar-refractivity contribution in [2.75, 3.05) is 20.6 Å². The molecule has 0 saturated carbocycles. The van der Waals surface area contributed by atoms with Gasteiger partial charge in [-0.05, 0) is 45.6 Å². The van der Waals surface area contributed by atoms with Crippen LogP contribution < -0.4 is 5.32 Å². The summed E-state index contributed by atoms with van der Waals surface area (Å²) in [5.41, 5.74) is 0.726. The summed E-state index contributed by atoms with van der Waals surface area (Å²) in [5.74, 6) is -0.439. The fourth-order valence-electron chi connectivity index (χ4n) is 1.51. The number of rotatable bonds is 5. The van der Waals surface area contributed by atoms with E-state index in [4.69, 9.17) is 23.2 Å². The highest BCUT2D eigenvalue weighted by molar-refractivity contribution is 6.35. The van der Waals surface area contributed by atoms with Crippen molar-refractivity contribution in [3.05, 3.63) is 33.6 Å². The molecule has 2 atom stereocenters. The Bertz CT molecular complexity index is 410. The molecule has 5 heteroatoms. The minimum Gasteiger partial charge on any atom is -0.309 e. The van der Waals surface area contributed by atoms with E-state index in [1.54, 1.807) is 0 Å². The van der Waals surface area contributed by atoms with Gasteiger partial charge in [-0.2, -0.15) is 0 Å². The van der Waals surface area contributed by atoms with E-state index in [0.29, 0.717) is 11.1 Å². The van der Waals surface area contributed by atoms with Crippen molar-refractivity contribution in [3.63, 3.8) is 0 Å². The first kappa shape index (κ1) is 15.7. The Hall–Kier alpha value is -0.350. The topological polar surface area (TPSA) is 15.3 Å². The van der Waals surface area contributed by atoms with Gasteiger partial charge in [0.2, 0.25) is 0 Å². The molecule has 0 heterocycles. The molecule has 1 rings (SSSR count). The van der Waals surface area contributed by atoms with Crippen molar-refractivity contribution >= 4 is 23.2 Å². The van der Waals surface area contributed by atoms with E-state index in [9.17, 15) is 4.39 Å². The summed E-state index contributed by atoms with van der Waals surface area (Å²) in [6, 6.07) is 3.21. The first-order valence-electron chi connectivity index (χ1n) is 5.87. The summed E-state index contributed by atoms with van der Waals surface area (Å²) in [7, 11) is 4.04. The average molecular weight is 293 g/mol. The van der Waals surface area contributed by atoms with Crippen LogP contribution in [0.1, 0.15) is 25.5 Å². The number of halogens is 3. The van der Waals surface area contributed by atoms with E-state index < -0.39 is 5.82 Å². The lowest BCUT2D eigenvalue weighted by molar-refractivity contribution is 0.295. The van der Waals surface area contributed by atoms with Gasteiger partial charge in [0.25, 0.3) is 0 Å². The summed E-state index contributed by atoms with van der Waals surface area (Å²) in [4.78, 5) is 2.11. The summed E-state index contributed by atoms with van der Waals surface area (Å²) in [6.07, 6.45) is 0. The Kier molecular flexibility index (Phi) is 5.86. The van der Waals surface area contributed by atoms with E-state index in [2.05, 4.69) is 17.1 Å². The molecule has 1 aromatic carbocycles. The summed E-state index contributed by atoms with van der Waals surface area (Å²) >= 11 is 11.7. The number of hydrogen-bond acceptors (Lipinski definition) is 2. The van der Waals surface area contributed by atoms with E-state index in [0.717, 1.165) is 12.1 Å². The number of hydrogen-bond donors (Lipinski definition) is 1. The molecule has 0 aromatic heterocycles. The standard InChI is InChI=1S/C13H19Cl2FN2/c1-8(18(3)4)7-17-9(2)10-5-13(16)12(15)6-11(10)14/h5-6,8-9,17H,7H2,1-4H3. The minimum absolute atomic E-state index is 0.0216. The van der Waals surface area contributed by atoms with Gasteiger partial charge in [-0.1, -0.05) is 23.2 Å². The van der Waals surface area contributed by atoms with Crippen LogP contribution >= 0.6 is 23.2 Å². The van der Waals surface area contributed by atoms with Crippen molar-refractivity contribution < 1.29 is 4.39 Å². The molecule has 18 heavy (non-hydrogen) atoms. The second-order valence-electron chi connectivity index (χ2n) is 4.73. The Labute approximate surface area is 118 Å². The Morgan fingerprint density at radius 2 is 1.83 bits per heavy atom. The summed E-state index contributed by atoms with van der Waals surface area (Å²) in [6.45, 7) is 4.87. The second-order valence-corrected chi connectivity index (χ2v) is 5.54. The lowest BCUT2D eigenvalue weighted by Crippen LogP contribution is -2.36. The van der Waals surface area contributed by atoms with Crippen molar-refractivity contribution in [2.24, 2.45) is 0 Å². The molecule has 0 bridgehead atoms. The smallest absolute Gasteiger partial charge is 0.142 e. The van der Waals surface area contributed by atoms with Gasteiger partial charge in [-0.15, -0.1) is 0 Å². The fourth-order valence-corrected chi connectivity index (χ4v) is 2.06. The molecule has 2 unspecified atom stereocenters. The molecule has 102 valence electrons. The molecule has 0 aliphatic carbocycles. The van der Waals surface area contributed by atoms with E-state index in [-0.39, 0.29) is 11.1 Å². The SMILES string of the molecule is CC(NCC(C)N(C)C)c1cc(F)c(Cl)cc1Cl. The molecular formula is C13H19Cl2FN2. The van der Waals surface area contributed by atoms with Gasteiger partial charge in [-0.3, -0.25) is 0 Å². The number of nitrogens with one attached hydrogen (secondary N) is 1. The first-order valence-corrected chi connectivity index (χ1v) is 6.62. The van der Waals surface area contributed by atoms with E-state index >= 15 is 0 Å². The Balaban J connectivity index is 2.72. The van der Waals surface area contributed by atoms with Crippen molar-refractivity contribution in [2.45, 2.75) is 25.9 Å². The number of nitrogens with zero attached hydrogens (tertiary/aromatic N) is 1. The lowest BCUT2D eigenvalue weighted by Gasteiger charge is -2.23. The maximum Gasteiger partial charge on any atom is 0.142 e.